The van der Waals surface area contributed by atoms with Crippen molar-refractivity contribution < 1.29 is 9.53 Å². The number of rotatable bonds is 5. The van der Waals surface area contributed by atoms with E-state index in [1.807, 2.05) is 24.0 Å². The minimum Gasteiger partial charge on any atom is -0.375 e. The van der Waals surface area contributed by atoms with Gasteiger partial charge in [-0.25, -0.2) is 9.97 Å². The topological polar surface area (TPSA) is 55.3 Å². The third-order valence-corrected chi connectivity index (χ3v) is 5.20. The Bertz CT molecular complexity index is 701. The van der Waals surface area contributed by atoms with Crippen LogP contribution in [-0.2, 0) is 22.4 Å². The second kappa shape index (κ2) is 7.85. The SMILES string of the molecule is Cc1cc(CC[C@H]2CN(C(=O)Cc3ccc(C)s3)CCO2)ncn1. The second-order valence-electron chi connectivity index (χ2n) is 6.21. The molecule has 1 aliphatic rings. The predicted octanol–water partition coefficient (Wildman–Crippen LogP) is 2.56. The van der Waals surface area contributed by atoms with Gasteiger partial charge in [-0.3, -0.25) is 4.79 Å². The van der Waals surface area contributed by atoms with Crippen LogP contribution in [0.4, 0.5) is 0 Å². The molecular weight excluding hydrogens is 322 g/mol. The lowest BCUT2D eigenvalue weighted by Crippen LogP contribution is -2.46. The van der Waals surface area contributed by atoms with Crippen molar-refractivity contribution in [2.75, 3.05) is 19.7 Å². The highest BCUT2D eigenvalue weighted by molar-refractivity contribution is 7.12. The van der Waals surface area contributed by atoms with Crippen LogP contribution < -0.4 is 0 Å². The van der Waals surface area contributed by atoms with Crippen molar-refractivity contribution in [3.8, 4) is 0 Å². The zero-order valence-corrected chi connectivity index (χ0v) is 15.0. The smallest absolute Gasteiger partial charge is 0.227 e. The Hall–Kier alpha value is -1.79. The normalized spacial score (nSPS) is 17.9. The van der Waals surface area contributed by atoms with Crippen molar-refractivity contribution in [1.82, 2.24) is 14.9 Å². The van der Waals surface area contributed by atoms with Crippen LogP contribution in [0.1, 0.15) is 27.6 Å². The summed E-state index contributed by atoms with van der Waals surface area (Å²) in [5, 5.41) is 0. The molecule has 1 aliphatic heterocycles. The maximum Gasteiger partial charge on any atom is 0.227 e. The first-order chi connectivity index (χ1) is 11.6. The number of carbonyl (C=O) groups excluding carboxylic acids is 1. The lowest BCUT2D eigenvalue weighted by molar-refractivity contribution is -0.138. The molecule has 24 heavy (non-hydrogen) atoms. The van der Waals surface area contributed by atoms with Gasteiger partial charge >= 0.3 is 0 Å². The molecule has 1 amide bonds. The summed E-state index contributed by atoms with van der Waals surface area (Å²) in [5.41, 5.74) is 2.01. The molecule has 0 unspecified atom stereocenters. The zero-order chi connectivity index (χ0) is 16.9. The Balaban J connectivity index is 1.51. The van der Waals surface area contributed by atoms with Gasteiger partial charge in [0, 0.05) is 34.2 Å². The summed E-state index contributed by atoms with van der Waals surface area (Å²) < 4.78 is 5.83. The highest BCUT2D eigenvalue weighted by Crippen LogP contribution is 2.18. The van der Waals surface area contributed by atoms with Gasteiger partial charge in [-0.15, -0.1) is 11.3 Å². The molecule has 0 radical (unpaired) electrons. The van der Waals surface area contributed by atoms with E-state index in [0.717, 1.165) is 29.1 Å². The molecule has 2 aromatic heterocycles. The van der Waals surface area contributed by atoms with Gasteiger partial charge in [0.25, 0.3) is 0 Å². The lowest BCUT2D eigenvalue weighted by Gasteiger charge is -2.33. The molecular formula is C18H23N3O2S. The third-order valence-electron chi connectivity index (χ3n) is 4.20. The van der Waals surface area contributed by atoms with E-state index in [2.05, 4.69) is 23.0 Å². The Labute approximate surface area is 146 Å². The van der Waals surface area contributed by atoms with Crippen molar-refractivity contribution in [3.63, 3.8) is 0 Å². The number of carbonyl (C=O) groups is 1. The van der Waals surface area contributed by atoms with Crippen molar-refractivity contribution >= 4 is 17.2 Å². The number of ether oxygens (including phenoxy) is 1. The third kappa shape index (κ3) is 4.61. The van der Waals surface area contributed by atoms with E-state index >= 15 is 0 Å². The van der Waals surface area contributed by atoms with Crippen LogP contribution in [-0.4, -0.2) is 46.6 Å². The molecule has 0 N–H and O–H groups in total. The van der Waals surface area contributed by atoms with Gasteiger partial charge in [-0.2, -0.15) is 0 Å². The Morgan fingerprint density at radius 2 is 2.25 bits per heavy atom. The largest absolute Gasteiger partial charge is 0.375 e. The summed E-state index contributed by atoms with van der Waals surface area (Å²) in [5.74, 6) is 0.197. The van der Waals surface area contributed by atoms with Gasteiger partial charge in [-0.05, 0) is 44.9 Å². The van der Waals surface area contributed by atoms with E-state index in [1.54, 1.807) is 17.7 Å². The molecule has 0 spiro atoms. The molecule has 0 aliphatic carbocycles. The summed E-state index contributed by atoms with van der Waals surface area (Å²) in [6.07, 6.45) is 3.91. The van der Waals surface area contributed by atoms with Gasteiger partial charge in [0.05, 0.1) is 19.1 Å². The highest BCUT2D eigenvalue weighted by atomic mass is 32.1. The first kappa shape index (κ1) is 17.0. The number of aryl methyl sites for hydroxylation is 3. The summed E-state index contributed by atoms with van der Waals surface area (Å²) >= 11 is 1.70. The van der Waals surface area contributed by atoms with Gasteiger partial charge in [0.15, 0.2) is 0 Å². The minimum absolute atomic E-state index is 0.0862. The summed E-state index contributed by atoms with van der Waals surface area (Å²) in [6.45, 7) is 6.01. The molecule has 1 fully saturated rings. The minimum atomic E-state index is 0.0862. The molecule has 0 bridgehead atoms. The Kier molecular flexibility index (Phi) is 5.58. The highest BCUT2D eigenvalue weighted by Gasteiger charge is 2.24. The van der Waals surface area contributed by atoms with E-state index in [0.29, 0.717) is 26.1 Å². The van der Waals surface area contributed by atoms with E-state index in [1.165, 1.54) is 4.88 Å². The molecule has 3 rings (SSSR count). The standard InChI is InChI=1S/C18H23N3O2S/c1-13-9-15(20-12-19-13)4-5-16-11-21(7-8-23-16)18(22)10-17-6-3-14(2)24-17/h3,6,9,12,16H,4-5,7-8,10-11H2,1-2H3/t16-/m0/s1. The molecule has 6 heteroatoms. The van der Waals surface area contributed by atoms with Crippen LogP contribution in [0.3, 0.4) is 0 Å². The monoisotopic (exact) mass is 345 g/mol. The molecule has 2 aromatic rings. The maximum atomic E-state index is 12.5. The van der Waals surface area contributed by atoms with Crippen LogP contribution in [0.2, 0.25) is 0 Å². The first-order valence-corrected chi connectivity index (χ1v) is 9.14. The maximum absolute atomic E-state index is 12.5. The van der Waals surface area contributed by atoms with Crippen molar-refractivity contribution in [1.29, 1.82) is 0 Å². The lowest BCUT2D eigenvalue weighted by atomic mass is 10.1. The van der Waals surface area contributed by atoms with E-state index in [4.69, 9.17) is 4.74 Å². The Morgan fingerprint density at radius 3 is 3.00 bits per heavy atom. The number of hydrogen-bond acceptors (Lipinski definition) is 5. The fraction of sp³-hybridized carbons (Fsp3) is 0.500. The van der Waals surface area contributed by atoms with Crippen LogP contribution in [0.5, 0.6) is 0 Å². The van der Waals surface area contributed by atoms with Gasteiger partial charge in [0.1, 0.15) is 6.33 Å². The number of nitrogens with zero attached hydrogens (tertiary/aromatic N) is 3. The molecule has 1 atom stereocenters. The average Bonchev–Trinajstić information content (AvgIpc) is 2.98. The fourth-order valence-corrected chi connectivity index (χ4v) is 3.80. The quantitative estimate of drug-likeness (QED) is 0.836. The molecule has 128 valence electrons. The summed E-state index contributed by atoms with van der Waals surface area (Å²) in [4.78, 5) is 25.2. The number of thiophene rings is 1. The summed E-state index contributed by atoms with van der Waals surface area (Å²) in [7, 11) is 0. The van der Waals surface area contributed by atoms with Gasteiger partial charge in [0.2, 0.25) is 5.91 Å². The Morgan fingerprint density at radius 1 is 1.38 bits per heavy atom. The number of hydrogen-bond donors (Lipinski definition) is 0. The van der Waals surface area contributed by atoms with Crippen molar-refractivity contribution in [3.05, 3.63) is 45.7 Å². The van der Waals surface area contributed by atoms with E-state index in [9.17, 15) is 4.79 Å². The van der Waals surface area contributed by atoms with Crippen LogP contribution >= 0.6 is 11.3 Å². The van der Waals surface area contributed by atoms with Crippen LogP contribution in [0.15, 0.2) is 24.5 Å². The molecule has 0 aromatic carbocycles. The zero-order valence-electron chi connectivity index (χ0n) is 14.2. The van der Waals surface area contributed by atoms with Gasteiger partial charge in [-0.1, -0.05) is 0 Å². The van der Waals surface area contributed by atoms with Crippen LogP contribution in [0, 0.1) is 13.8 Å². The molecule has 5 nitrogen and oxygen atoms in total. The van der Waals surface area contributed by atoms with Gasteiger partial charge < -0.3 is 9.64 Å². The summed E-state index contributed by atoms with van der Waals surface area (Å²) in [6, 6.07) is 6.12. The number of aromatic nitrogens is 2. The van der Waals surface area contributed by atoms with Crippen molar-refractivity contribution in [2.45, 2.75) is 39.2 Å². The van der Waals surface area contributed by atoms with E-state index in [-0.39, 0.29) is 12.0 Å². The number of morpholine rings is 1. The average molecular weight is 345 g/mol. The van der Waals surface area contributed by atoms with Crippen LogP contribution in [0.25, 0.3) is 0 Å². The molecule has 1 saturated heterocycles. The second-order valence-corrected chi connectivity index (χ2v) is 7.58. The molecule has 3 heterocycles. The molecule has 0 saturated carbocycles. The van der Waals surface area contributed by atoms with Crippen molar-refractivity contribution in [2.24, 2.45) is 0 Å². The first-order valence-electron chi connectivity index (χ1n) is 8.32. The predicted molar refractivity (Wildman–Crippen MR) is 94.2 cm³/mol. The fourth-order valence-electron chi connectivity index (χ4n) is 2.92. The number of amides is 1. The van der Waals surface area contributed by atoms with E-state index < -0.39 is 0 Å².